The Morgan fingerprint density at radius 3 is 2.85 bits per heavy atom. The number of carbonyl (C=O) groups excluding carboxylic acids is 1. The van der Waals surface area contributed by atoms with Gasteiger partial charge < -0.3 is 9.67 Å². The first-order chi connectivity index (χ1) is 12.5. The van der Waals surface area contributed by atoms with Gasteiger partial charge in [0.25, 0.3) is 11.5 Å². The summed E-state index contributed by atoms with van der Waals surface area (Å²) in [6, 6.07) is 10.8. The first kappa shape index (κ1) is 16.2. The fourth-order valence-electron chi connectivity index (χ4n) is 2.80. The van der Waals surface area contributed by atoms with Gasteiger partial charge in [-0.05, 0) is 30.3 Å². The van der Waals surface area contributed by atoms with Gasteiger partial charge in [0, 0.05) is 12.4 Å². The minimum atomic E-state index is -0.770. The van der Waals surface area contributed by atoms with Crippen LogP contribution in [0.3, 0.4) is 0 Å². The van der Waals surface area contributed by atoms with Crippen LogP contribution in [-0.2, 0) is 7.05 Å². The highest BCUT2D eigenvalue weighted by atomic mass is 32.1. The van der Waals surface area contributed by atoms with Crippen LogP contribution in [0.1, 0.15) is 10.4 Å². The number of rotatable bonds is 2. The number of hydrogen-bond donors (Lipinski definition) is 2. The number of nitrogens with one attached hydrogen (secondary N) is 1. The van der Waals surface area contributed by atoms with Crippen molar-refractivity contribution >= 4 is 43.5 Å². The molecule has 0 atom stereocenters. The molecule has 6 nitrogen and oxygen atoms in total. The van der Waals surface area contributed by atoms with Crippen molar-refractivity contribution in [1.82, 2.24) is 9.55 Å². The first-order valence-electron chi connectivity index (χ1n) is 7.64. The standard InChI is InChI=1S/C18H12FN3O3S/c1-22-12-5-3-2-4-10(12)15(23)14(17(22)25)16(24)21-18-20-11-7-6-9(19)8-13(11)26-18/h2-8,23H,1H3,(H,20,21,24). The third kappa shape index (κ3) is 2.51. The molecule has 0 spiro atoms. The Labute approximate surface area is 150 Å². The zero-order chi connectivity index (χ0) is 18.4. The molecule has 130 valence electrons. The van der Waals surface area contributed by atoms with E-state index in [1.54, 1.807) is 24.3 Å². The van der Waals surface area contributed by atoms with Gasteiger partial charge in [-0.3, -0.25) is 14.9 Å². The molecule has 2 aromatic heterocycles. The molecule has 2 N–H and O–H groups in total. The normalized spacial score (nSPS) is 11.2. The summed E-state index contributed by atoms with van der Waals surface area (Å²) in [5, 5.41) is 13.6. The van der Waals surface area contributed by atoms with Gasteiger partial charge in [-0.1, -0.05) is 23.5 Å². The lowest BCUT2D eigenvalue weighted by Crippen LogP contribution is -2.28. The topological polar surface area (TPSA) is 84.2 Å². The predicted octanol–water partition coefficient (Wildman–Crippen LogP) is 3.25. The summed E-state index contributed by atoms with van der Waals surface area (Å²) in [6.07, 6.45) is 0. The Balaban J connectivity index is 1.79. The molecule has 0 aliphatic carbocycles. The molecule has 0 saturated carbocycles. The molecule has 0 fully saturated rings. The van der Waals surface area contributed by atoms with Crippen LogP contribution in [0.25, 0.3) is 21.1 Å². The second kappa shape index (κ2) is 5.92. The summed E-state index contributed by atoms with van der Waals surface area (Å²) in [5.41, 5.74) is 0.0619. The molecule has 2 aromatic carbocycles. The summed E-state index contributed by atoms with van der Waals surface area (Å²) in [4.78, 5) is 29.3. The zero-order valence-corrected chi connectivity index (χ0v) is 14.3. The molecule has 4 aromatic rings. The molecule has 1 amide bonds. The maximum absolute atomic E-state index is 13.3. The van der Waals surface area contributed by atoms with Crippen molar-refractivity contribution in [3.05, 3.63) is 64.2 Å². The van der Waals surface area contributed by atoms with Crippen LogP contribution in [0.15, 0.2) is 47.3 Å². The lowest BCUT2D eigenvalue weighted by molar-refractivity contribution is 0.102. The van der Waals surface area contributed by atoms with Gasteiger partial charge in [0.2, 0.25) is 0 Å². The summed E-state index contributed by atoms with van der Waals surface area (Å²) in [5.74, 6) is -1.55. The van der Waals surface area contributed by atoms with Gasteiger partial charge in [-0.2, -0.15) is 0 Å². The van der Waals surface area contributed by atoms with E-state index in [0.29, 0.717) is 21.1 Å². The fourth-order valence-corrected chi connectivity index (χ4v) is 3.68. The predicted molar refractivity (Wildman–Crippen MR) is 98.4 cm³/mol. The number of carbonyl (C=O) groups is 1. The number of aryl methyl sites for hydroxylation is 1. The van der Waals surface area contributed by atoms with Gasteiger partial charge in [0.05, 0.1) is 15.7 Å². The van der Waals surface area contributed by atoms with Gasteiger partial charge >= 0.3 is 0 Å². The number of para-hydroxylation sites is 1. The van der Waals surface area contributed by atoms with E-state index in [4.69, 9.17) is 0 Å². The molecule has 0 aliphatic heterocycles. The molecular formula is C18H12FN3O3S. The number of nitrogens with zero attached hydrogens (tertiary/aromatic N) is 2. The second-order valence-corrected chi connectivity index (χ2v) is 6.72. The van der Waals surface area contributed by atoms with E-state index in [9.17, 15) is 19.1 Å². The van der Waals surface area contributed by atoms with Crippen LogP contribution in [0.2, 0.25) is 0 Å². The van der Waals surface area contributed by atoms with E-state index in [1.165, 1.54) is 29.8 Å². The van der Waals surface area contributed by atoms with E-state index < -0.39 is 17.3 Å². The van der Waals surface area contributed by atoms with Crippen LogP contribution < -0.4 is 10.9 Å². The van der Waals surface area contributed by atoms with Crippen molar-refractivity contribution in [3.63, 3.8) is 0 Å². The summed E-state index contributed by atoms with van der Waals surface area (Å²) < 4.78 is 15.2. The third-order valence-electron chi connectivity index (χ3n) is 4.07. The van der Waals surface area contributed by atoms with Crippen molar-refractivity contribution in [2.24, 2.45) is 7.05 Å². The number of anilines is 1. The van der Waals surface area contributed by atoms with E-state index in [1.807, 2.05) is 0 Å². The van der Waals surface area contributed by atoms with Crippen molar-refractivity contribution < 1.29 is 14.3 Å². The van der Waals surface area contributed by atoms with E-state index in [2.05, 4.69) is 10.3 Å². The van der Waals surface area contributed by atoms with E-state index >= 15 is 0 Å². The maximum Gasteiger partial charge on any atom is 0.267 e. The van der Waals surface area contributed by atoms with Gasteiger partial charge in [-0.15, -0.1) is 0 Å². The highest BCUT2D eigenvalue weighted by molar-refractivity contribution is 7.22. The van der Waals surface area contributed by atoms with Crippen LogP contribution in [0.4, 0.5) is 9.52 Å². The molecular weight excluding hydrogens is 357 g/mol. The smallest absolute Gasteiger partial charge is 0.267 e. The number of amides is 1. The van der Waals surface area contributed by atoms with Crippen molar-refractivity contribution in [2.75, 3.05) is 5.32 Å². The monoisotopic (exact) mass is 369 g/mol. The summed E-state index contributed by atoms with van der Waals surface area (Å²) in [6.45, 7) is 0. The molecule has 0 bridgehead atoms. The summed E-state index contributed by atoms with van der Waals surface area (Å²) >= 11 is 1.08. The van der Waals surface area contributed by atoms with Gasteiger partial charge in [-0.25, -0.2) is 9.37 Å². The SMILES string of the molecule is Cn1c(=O)c(C(=O)Nc2nc3ccc(F)cc3s2)c(O)c2ccccc21. The Hall–Kier alpha value is -3.26. The number of aromatic hydroxyl groups is 1. The minimum absolute atomic E-state index is 0.213. The van der Waals surface area contributed by atoms with E-state index in [0.717, 1.165) is 11.3 Å². The average Bonchev–Trinajstić information content (AvgIpc) is 3.01. The molecule has 0 aliphatic rings. The molecule has 0 unspecified atom stereocenters. The number of halogens is 1. The average molecular weight is 369 g/mol. The Morgan fingerprint density at radius 2 is 2.04 bits per heavy atom. The zero-order valence-electron chi connectivity index (χ0n) is 13.5. The van der Waals surface area contributed by atoms with Gasteiger partial charge in [0.15, 0.2) is 5.13 Å². The van der Waals surface area contributed by atoms with Crippen LogP contribution in [0.5, 0.6) is 5.75 Å². The largest absolute Gasteiger partial charge is 0.506 e. The minimum Gasteiger partial charge on any atom is -0.506 e. The molecule has 2 heterocycles. The molecule has 8 heteroatoms. The lowest BCUT2D eigenvalue weighted by atomic mass is 10.1. The van der Waals surface area contributed by atoms with Crippen LogP contribution in [-0.4, -0.2) is 20.6 Å². The van der Waals surface area contributed by atoms with Gasteiger partial charge in [0.1, 0.15) is 17.1 Å². The maximum atomic E-state index is 13.3. The van der Waals surface area contributed by atoms with Crippen molar-refractivity contribution in [3.8, 4) is 5.75 Å². The molecule has 4 rings (SSSR count). The Morgan fingerprint density at radius 1 is 1.27 bits per heavy atom. The number of fused-ring (bicyclic) bond motifs is 2. The quantitative estimate of drug-likeness (QED) is 0.568. The Bertz CT molecular complexity index is 1250. The van der Waals surface area contributed by atoms with Crippen molar-refractivity contribution in [2.45, 2.75) is 0 Å². The molecule has 0 radical (unpaired) electrons. The number of hydrogen-bond acceptors (Lipinski definition) is 5. The van der Waals surface area contributed by atoms with E-state index in [-0.39, 0.29) is 16.4 Å². The second-order valence-electron chi connectivity index (χ2n) is 5.69. The fraction of sp³-hybridized carbons (Fsp3) is 0.0556. The molecule has 0 saturated heterocycles. The number of thiazole rings is 1. The lowest BCUT2D eigenvalue weighted by Gasteiger charge is -2.11. The summed E-state index contributed by atoms with van der Waals surface area (Å²) in [7, 11) is 1.53. The van der Waals surface area contributed by atoms with Crippen molar-refractivity contribution in [1.29, 1.82) is 0 Å². The first-order valence-corrected chi connectivity index (χ1v) is 8.45. The number of benzene rings is 2. The third-order valence-corrected chi connectivity index (χ3v) is 5.01. The molecule has 26 heavy (non-hydrogen) atoms. The Kier molecular flexibility index (Phi) is 3.69. The number of pyridine rings is 1. The van der Waals surface area contributed by atoms with Crippen LogP contribution in [0, 0.1) is 5.82 Å². The van der Waals surface area contributed by atoms with Crippen LogP contribution >= 0.6 is 11.3 Å². The highest BCUT2D eigenvalue weighted by Crippen LogP contribution is 2.29. The highest BCUT2D eigenvalue weighted by Gasteiger charge is 2.22. The number of aromatic nitrogens is 2.